The first-order valence-electron chi connectivity index (χ1n) is 6.60. The SMILES string of the molecule is C/C(=C(\C)c1ccc(N(C)C)cc1)c1ccccc1. The van der Waals surface area contributed by atoms with Crippen LogP contribution in [0.15, 0.2) is 54.6 Å². The predicted octanol–water partition coefficient (Wildman–Crippen LogP) is 4.70. The normalized spacial score (nSPS) is 12.0. The molecule has 0 N–H and O–H groups in total. The zero-order valence-corrected chi connectivity index (χ0v) is 12.1. The van der Waals surface area contributed by atoms with E-state index in [4.69, 9.17) is 0 Å². The monoisotopic (exact) mass is 251 g/mol. The Morgan fingerprint density at radius 2 is 1.16 bits per heavy atom. The Balaban J connectivity index is 2.35. The second-order valence-corrected chi connectivity index (χ2v) is 5.06. The van der Waals surface area contributed by atoms with Gasteiger partial charge in [-0.3, -0.25) is 0 Å². The molecule has 0 saturated heterocycles. The lowest BCUT2D eigenvalue weighted by Gasteiger charge is -2.14. The second kappa shape index (κ2) is 5.75. The number of nitrogens with zero attached hydrogens (tertiary/aromatic N) is 1. The highest BCUT2D eigenvalue weighted by Gasteiger charge is 2.03. The minimum absolute atomic E-state index is 1.23. The van der Waals surface area contributed by atoms with Crippen molar-refractivity contribution in [1.82, 2.24) is 0 Å². The van der Waals surface area contributed by atoms with Crippen LogP contribution in [0.2, 0.25) is 0 Å². The van der Waals surface area contributed by atoms with Gasteiger partial charge >= 0.3 is 0 Å². The molecule has 0 amide bonds. The van der Waals surface area contributed by atoms with E-state index in [1.165, 1.54) is 28.0 Å². The van der Waals surface area contributed by atoms with Crippen LogP contribution in [-0.2, 0) is 0 Å². The molecule has 19 heavy (non-hydrogen) atoms. The summed E-state index contributed by atoms with van der Waals surface area (Å²) in [5.74, 6) is 0. The second-order valence-electron chi connectivity index (χ2n) is 5.06. The lowest BCUT2D eigenvalue weighted by Crippen LogP contribution is -2.08. The Kier molecular flexibility index (Phi) is 4.06. The fraction of sp³-hybridized carbons (Fsp3) is 0.222. The van der Waals surface area contributed by atoms with Crippen molar-refractivity contribution in [1.29, 1.82) is 0 Å². The molecule has 0 aromatic heterocycles. The first-order valence-corrected chi connectivity index (χ1v) is 6.60. The Morgan fingerprint density at radius 3 is 1.63 bits per heavy atom. The molecule has 1 heteroatoms. The van der Waals surface area contributed by atoms with Crippen molar-refractivity contribution in [2.45, 2.75) is 13.8 Å². The van der Waals surface area contributed by atoms with Gasteiger partial charge in [0.2, 0.25) is 0 Å². The summed E-state index contributed by atoms with van der Waals surface area (Å²) in [4.78, 5) is 2.12. The Labute approximate surface area is 116 Å². The highest BCUT2D eigenvalue weighted by molar-refractivity contribution is 5.89. The number of hydrogen-bond acceptors (Lipinski definition) is 1. The molecule has 98 valence electrons. The van der Waals surface area contributed by atoms with E-state index in [0.717, 1.165) is 0 Å². The molecule has 0 unspecified atom stereocenters. The molecule has 0 aliphatic heterocycles. The van der Waals surface area contributed by atoms with E-state index in [9.17, 15) is 0 Å². The number of rotatable bonds is 3. The molecule has 0 spiro atoms. The summed E-state index contributed by atoms with van der Waals surface area (Å²) in [7, 11) is 4.12. The molecule has 2 aromatic carbocycles. The Hall–Kier alpha value is -2.02. The third-order valence-electron chi connectivity index (χ3n) is 3.59. The smallest absolute Gasteiger partial charge is 0.0361 e. The van der Waals surface area contributed by atoms with Gasteiger partial charge in [-0.1, -0.05) is 42.5 Å². The summed E-state index contributed by atoms with van der Waals surface area (Å²) in [5, 5.41) is 0. The average Bonchev–Trinajstić information content (AvgIpc) is 2.46. The lowest BCUT2D eigenvalue weighted by molar-refractivity contribution is 1.13. The maximum atomic E-state index is 2.19. The summed E-state index contributed by atoms with van der Waals surface area (Å²) >= 11 is 0. The van der Waals surface area contributed by atoms with Crippen LogP contribution in [0.25, 0.3) is 11.1 Å². The highest BCUT2D eigenvalue weighted by Crippen LogP contribution is 2.26. The van der Waals surface area contributed by atoms with Crippen molar-refractivity contribution in [2.24, 2.45) is 0 Å². The zero-order valence-electron chi connectivity index (χ0n) is 12.1. The molecular formula is C18H21N. The van der Waals surface area contributed by atoms with Gasteiger partial charge in [0, 0.05) is 19.8 Å². The largest absolute Gasteiger partial charge is 0.378 e. The fourth-order valence-electron chi connectivity index (χ4n) is 2.13. The van der Waals surface area contributed by atoms with E-state index in [1.807, 2.05) is 0 Å². The van der Waals surface area contributed by atoms with Crippen LogP contribution in [0.4, 0.5) is 5.69 Å². The topological polar surface area (TPSA) is 3.24 Å². The lowest BCUT2D eigenvalue weighted by atomic mass is 9.97. The first kappa shape index (κ1) is 13.4. The van der Waals surface area contributed by atoms with Crippen molar-refractivity contribution in [2.75, 3.05) is 19.0 Å². The van der Waals surface area contributed by atoms with Crippen LogP contribution in [0, 0.1) is 0 Å². The predicted molar refractivity (Wildman–Crippen MR) is 85.4 cm³/mol. The van der Waals surface area contributed by atoms with Gasteiger partial charge in [0.05, 0.1) is 0 Å². The van der Waals surface area contributed by atoms with Crippen molar-refractivity contribution in [3.8, 4) is 0 Å². The number of allylic oxidation sites excluding steroid dienone is 2. The number of hydrogen-bond donors (Lipinski definition) is 0. The van der Waals surface area contributed by atoms with Gasteiger partial charge in [-0.25, -0.2) is 0 Å². The van der Waals surface area contributed by atoms with E-state index in [-0.39, 0.29) is 0 Å². The molecule has 0 aliphatic carbocycles. The van der Waals surface area contributed by atoms with Crippen molar-refractivity contribution >= 4 is 16.8 Å². The van der Waals surface area contributed by atoms with Crippen molar-refractivity contribution < 1.29 is 0 Å². The third kappa shape index (κ3) is 3.05. The maximum absolute atomic E-state index is 2.19. The van der Waals surface area contributed by atoms with E-state index in [0.29, 0.717) is 0 Å². The summed E-state index contributed by atoms with van der Waals surface area (Å²) in [5.41, 5.74) is 6.47. The average molecular weight is 251 g/mol. The molecule has 2 rings (SSSR count). The van der Waals surface area contributed by atoms with Crippen molar-refractivity contribution in [3.63, 3.8) is 0 Å². The molecule has 1 nitrogen and oxygen atoms in total. The van der Waals surface area contributed by atoms with Crippen LogP contribution in [0.1, 0.15) is 25.0 Å². The molecule has 0 aliphatic rings. The van der Waals surface area contributed by atoms with Gasteiger partial charge in [-0.2, -0.15) is 0 Å². The van der Waals surface area contributed by atoms with Crippen LogP contribution in [0.5, 0.6) is 0 Å². The summed E-state index contributed by atoms with van der Waals surface area (Å²) in [6.07, 6.45) is 0. The quantitative estimate of drug-likeness (QED) is 0.714. The minimum Gasteiger partial charge on any atom is -0.378 e. The summed E-state index contributed by atoms with van der Waals surface area (Å²) in [6, 6.07) is 19.3. The van der Waals surface area contributed by atoms with Gasteiger partial charge in [-0.15, -0.1) is 0 Å². The minimum atomic E-state index is 1.23. The number of benzene rings is 2. The van der Waals surface area contributed by atoms with Gasteiger partial charge < -0.3 is 4.90 Å². The first-order chi connectivity index (χ1) is 9.09. The Morgan fingerprint density at radius 1 is 0.684 bits per heavy atom. The molecule has 0 bridgehead atoms. The zero-order chi connectivity index (χ0) is 13.8. The van der Waals surface area contributed by atoms with Gasteiger partial charge in [0.1, 0.15) is 0 Å². The van der Waals surface area contributed by atoms with Crippen molar-refractivity contribution in [3.05, 3.63) is 65.7 Å². The number of anilines is 1. The fourth-order valence-corrected chi connectivity index (χ4v) is 2.13. The summed E-state index contributed by atoms with van der Waals surface area (Å²) in [6.45, 7) is 4.37. The molecule has 0 heterocycles. The molecule has 2 aromatic rings. The highest BCUT2D eigenvalue weighted by atomic mass is 15.1. The molecule has 0 fully saturated rings. The van der Waals surface area contributed by atoms with E-state index < -0.39 is 0 Å². The van der Waals surface area contributed by atoms with Crippen LogP contribution in [-0.4, -0.2) is 14.1 Å². The van der Waals surface area contributed by atoms with E-state index in [2.05, 4.69) is 87.4 Å². The molecular weight excluding hydrogens is 230 g/mol. The van der Waals surface area contributed by atoms with Crippen LogP contribution >= 0.6 is 0 Å². The molecule has 0 radical (unpaired) electrons. The van der Waals surface area contributed by atoms with Gasteiger partial charge in [0.15, 0.2) is 0 Å². The standard InChI is InChI=1S/C18H21N/c1-14(16-8-6-5-7-9-16)15(2)17-10-12-18(13-11-17)19(3)4/h5-13H,1-4H3/b15-14-. The third-order valence-corrected chi connectivity index (χ3v) is 3.59. The van der Waals surface area contributed by atoms with Crippen LogP contribution < -0.4 is 4.90 Å². The molecule has 0 saturated carbocycles. The summed E-state index contributed by atoms with van der Waals surface area (Å²) < 4.78 is 0. The Bertz CT molecular complexity index is 562. The van der Waals surface area contributed by atoms with Gasteiger partial charge in [0.25, 0.3) is 0 Å². The molecule has 0 atom stereocenters. The van der Waals surface area contributed by atoms with Gasteiger partial charge in [-0.05, 0) is 48.3 Å². The maximum Gasteiger partial charge on any atom is 0.0361 e. The van der Waals surface area contributed by atoms with E-state index >= 15 is 0 Å². The van der Waals surface area contributed by atoms with E-state index in [1.54, 1.807) is 0 Å². The van der Waals surface area contributed by atoms with Crippen LogP contribution in [0.3, 0.4) is 0 Å².